The number of amides is 1. The smallest absolute Gasteiger partial charge is 0.326 e. The van der Waals surface area contributed by atoms with Crippen LogP contribution in [0.1, 0.15) is 12.1 Å². The Hall–Kier alpha value is -1.93. The fourth-order valence-electron chi connectivity index (χ4n) is 1.54. The number of nitrogens with two attached hydrogens (primary N) is 1. The van der Waals surface area contributed by atoms with Gasteiger partial charge in [0.15, 0.2) is 0 Å². The van der Waals surface area contributed by atoms with E-state index in [2.05, 4.69) is 15.3 Å². The number of aromatic amines is 1. The minimum absolute atomic E-state index is 0.0275. The molecule has 0 aromatic carbocycles. The number of carbonyl (C=O) groups excluding carboxylic acids is 1. The largest absolute Gasteiger partial charge is 0.480 e. The highest BCUT2D eigenvalue weighted by molar-refractivity contribution is 5.83. The third-order valence-electron chi connectivity index (χ3n) is 2.62. The maximum absolute atomic E-state index is 11.7. The first-order valence-corrected chi connectivity index (χ1v) is 5.79. The summed E-state index contributed by atoms with van der Waals surface area (Å²) < 4.78 is 4.97. The fourth-order valence-corrected chi connectivity index (χ4v) is 1.54. The van der Waals surface area contributed by atoms with Crippen molar-refractivity contribution in [3.63, 3.8) is 0 Å². The van der Waals surface area contributed by atoms with Crippen LogP contribution in [0.3, 0.4) is 0 Å². The molecule has 0 saturated heterocycles. The van der Waals surface area contributed by atoms with Crippen molar-refractivity contribution in [1.29, 1.82) is 0 Å². The van der Waals surface area contributed by atoms with Crippen molar-refractivity contribution in [1.82, 2.24) is 15.3 Å². The summed E-state index contributed by atoms with van der Waals surface area (Å²) in [5, 5.41) is 11.5. The number of nitrogens with zero attached hydrogens (tertiary/aromatic N) is 1. The van der Waals surface area contributed by atoms with E-state index >= 15 is 0 Å². The zero-order valence-electron chi connectivity index (χ0n) is 10.6. The second kappa shape index (κ2) is 7.49. The fraction of sp³-hybridized carbons (Fsp3) is 0.545. The molecule has 106 valence electrons. The predicted molar refractivity (Wildman–Crippen MR) is 66.3 cm³/mol. The van der Waals surface area contributed by atoms with Gasteiger partial charge >= 0.3 is 5.97 Å². The maximum Gasteiger partial charge on any atom is 0.326 e. The molecule has 0 aliphatic carbocycles. The zero-order valence-corrected chi connectivity index (χ0v) is 10.6. The Morgan fingerprint density at radius 3 is 2.84 bits per heavy atom. The predicted octanol–water partition coefficient (Wildman–Crippen LogP) is -1.11. The van der Waals surface area contributed by atoms with E-state index in [-0.39, 0.29) is 19.4 Å². The summed E-state index contributed by atoms with van der Waals surface area (Å²) in [7, 11) is 1.45. The van der Waals surface area contributed by atoms with Crippen LogP contribution in [-0.4, -0.2) is 52.8 Å². The molecule has 8 heteroatoms. The molecule has 1 aromatic heterocycles. The van der Waals surface area contributed by atoms with Gasteiger partial charge in [-0.05, 0) is 0 Å². The summed E-state index contributed by atoms with van der Waals surface area (Å²) in [4.78, 5) is 29.3. The van der Waals surface area contributed by atoms with Crippen LogP contribution < -0.4 is 11.1 Å². The lowest BCUT2D eigenvalue weighted by Gasteiger charge is -2.16. The molecule has 5 N–H and O–H groups in total. The van der Waals surface area contributed by atoms with Crippen molar-refractivity contribution >= 4 is 11.9 Å². The van der Waals surface area contributed by atoms with E-state index in [1.54, 1.807) is 0 Å². The van der Waals surface area contributed by atoms with Gasteiger partial charge in [0.1, 0.15) is 6.04 Å². The molecule has 0 saturated carbocycles. The number of aliphatic carboxylic acids is 1. The van der Waals surface area contributed by atoms with Gasteiger partial charge < -0.3 is 25.9 Å². The number of imidazole rings is 1. The highest BCUT2D eigenvalue weighted by Gasteiger charge is 2.22. The van der Waals surface area contributed by atoms with Gasteiger partial charge in [0.2, 0.25) is 5.91 Å². The number of carboxylic acids is 1. The molecule has 0 aliphatic rings. The maximum atomic E-state index is 11.7. The number of carboxylic acid groups (broad SMARTS) is 1. The van der Waals surface area contributed by atoms with Gasteiger partial charge in [0, 0.05) is 32.0 Å². The van der Waals surface area contributed by atoms with Crippen molar-refractivity contribution < 1.29 is 19.4 Å². The molecule has 0 fully saturated rings. The van der Waals surface area contributed by atoms with E-state index in [0.29, 0.717) is 5.69 Å². The van der Waals surface area contributed by atoms with Crippen LogP contribution in [0.5, 0.6) is 0 Å². The Balaban J connectivity index is 2.53. The molecular formula is C11H18N4O4. The first-order valence-electron chi connectivity index (χ1n) is 5.79. The van der Waals surface area contributed by atoms with Crippen molar-refractivity contribution in [3.05, 3.63) is 18.2 Å². The molecule has 8 nitrogen and oxygen atoms in total. The van der Waals surface area contributed by atoms with Crippen LogP contribution in [0.2, 0.25) is 0 Å². The van der Waals surface area contributed by atoms with E-state index in [1.807, 2.05) is 0 Å². The van der Waals surface area contributed by atoms with Gasteiger partial charge in [-0.25, -0.2) is 9.78 Å². The van der Waals surface area contributed by atoms with Crippen molar-refractivity contribution in [2.75, 3.05) is 13.7 Å². The van der Waals surface area contributed by atoms with E-state index in [4.69, 9.17) is 15.6 Å². The van der Waals surface area contributed by atoms with Crippen LogP contribution in [0, 0.1) is 0 Å². The normalized spacial score (nSPS) is 13.8. The van der Waals surface area contributed by atoms with Crippen LogP contribution in [0.15, 0.2) is 12.5 Å². The first-order chi connectivity index (χ1) is 9.06. The second-order valence-corrected chi connectivity index (χ2v) is 4.04. The summed E-state index contributed by atoms with van der Waals surface area (Å²) in [6, 6.07) is -1.01. The molecule has 0 bridgehead atoms. The summed E-state index contributed by atoms with van der Waals surface area (Å²) in [6.45, 7) is 0.197. The molecule has 1 aromatic rings. The molecule has 0 spiro atoms. The van der Waals surface area contributed by atoms with E-state index in [9.17, 15) is 9.59 Å². The number of carbonyl (C=O) groups is 2. The van der Waals surface area contributed by atoms with Gasteiger partial charge in [-0.3, -0.25) is 4.79 Å². The minimum atomic E-state index is -1.11. The summed E-state index contributed by atoms with van der Waals surface area (Å²) in [5.74, 6) is -1.52. The zero-order chi connectivity index (χ0) is 14.3. The number of rotatable bonds is 8. The van der Waals surface area contributed by atoms with Gasteiger partial charge in [-0.2, -0.15) is 0 Å². The van der Waals surface area contributed by atoms with Gasteiger partial charge in [0.05, 0.1) is 18.9 Å². The monoisotopic (exact) mass is 270 g/mol. The highest BCUT2D eigenvalue weighted by Crippen LogP contribution is 2.01. The Kier molecular flexibility index (Phi) is 5.97. The number of hydrogen-bond donors (Lipinski definition) is 4. The molecular weight excluding hydrogens is 252 g/mol. The average molecular weight is 270 g/mol. The summed E-state index contributed by atoms with van der Waals surface area (Å²) in [5.41, 5.74) is 6.03. The number of hydrogen-bond acceptors (Lipinski definition) is 5. The SMILES string of the molecule is COC(CN)CC(=O)N[C@H](Cc1cnc[nH]1)C(=O)O. The molecule has 19 heavy (non-hydrogen) atoms. The van der Waals surface area contributed by atoms with Crippen molar-refractivity contribution in [2.45, 2.75) is 25.0 Å². The number of ether oxygens (including phenoxy) is 1. The third-order valence-corrected chi connectivity index (χ3v) is 2.62. The topological polar surface area (TPSA) is 130 Å². The average Bonchev–Trinajstić information content (AvgIpc) is 2.87. The lowest BCUT2D eigenvalue weighted by Crippen LogP contribution is -2.44. The lowest BCUT2D eigenvalue weighted by molar-refractivity contribution is -0.142. The Labute approximate surface area is 110 Å². The first kappa shape index (κ1) is 15.1. The van der Waals surface area contributed by atoms with Gasteiger partial charge in [-0.15, -0.1) is 0 Å². The standard InChI is InChI=1S/C11H18N4O4/c1-19-8(4-12)3-10(16)15-9(11(17)18)2-7-5-13-6-14-7/h5-6,8-9H,2-4,12H2,1H3,(H,13,14)(H,15,16)(H,17,18)/t8?,9-/m1/s1. The van der Waals surface area contributed by atoms with Gasteiger partial charge in [-0.1, -0.05) is 0 Å². The summed E-state index contributed by atoms with van der Waals surface area (Å²) in [6.07, 6.45) is 2.72. The minimum Gasteiger partial charge on any atom is -0.480 e. The quantitative estimate of drug-likeness (QED) is 0.473. The Morgan fingerprint density at radius 2 is 2.37 bits per heavy atom. The lowest BCUT2D eigenvalue weighted by atomic mass is 10.1. The Bertz CT molecular complexity index is 403. The van der Waals surface area contributed by atoms with Crippen molar-refractivity contribution in [2.24, 2.45) is 5.73 Å². The van der Waals surface area contributed by atoms with E-state index in [1.165, 1.54) is 19.6 Å². The molecule has 0 aliphatic heterocycles. The second-order valence-electron chi connectivity index (χ2n) is 4.04. The molecule has 0 radical (unpaired) electrons. The van der Waals surface area contributed by atoms with E-state index < -0.39 is 24.0 Å². The van der Waals surface area contributed by atoms with Gasteiger partial charge in [0.25, 0.3) is 0 Å². The highest BCUT2D eigenvalue weighted by atomic mass is 16.5. The molecule has 1 amide bonds. The third kappa shape index (κ3) is 5.06. The number of methoxy groups -OCH3 is 1. The number of H-pyrrole nitrogens is 1. The number of aromatic nitrogens is 2. The molecule has 1 rings (SSSR count). The van der Waals surface area contributed by atoms with Crippen LogP contribution in [-0.2, 0) is 20.7 Å². The summed E-state index contributed by atoms with van der Waals surface area (Å²) >= 11 is 0. The molecule has 1 heterocycles. The van der Waals surface area contributed by atoms with Crippen LogP contribution in [0.4, 0.5) is 0 Å². The van der Waals surface area contributed by atoms with Crippen molar-refractivity contribution in [3.8, 4) is 0 Å². The Morgan fingerprint density at radius 1 is 1.63 bits per heavy atom. The molecule has 2 atom stereocenters. The molecule has 1 unspecified atom stereocenters. The van der Waals surface area contributed by atoms with Crippen LogP contribution in [0.25, 0.3) is 0 Å². The number of nitrogens with one attached hydrogen (secondary N) is 2. The van der Waals surface area contributed by atoms with Crippen LogP contribution >= 0.6 is 0 Å². The van der Waals surface area contributed by atoms with E-state index in [0.717, 1.165) is 0 Å².